The monoisotopic (exact) mass is 361 g/mol. The molecule has 138 valence electrons. The predicted octanol–water partition coefficient (Wildman–Crippen LogP) is 2.95. The molecule has 0 aliphatic rings. The van der Waals surface area contributed by atoms with Crippen LogP contribution < -0.4 is 16.0 Å². The maximum atomic E-state index is 13.7. The predicted molar refractivity (Wildman–Crippen MR) is 94.3 cm³/mol. The van der Waals surface area contributed by atoms with Crippen molar-refractivity contribution in [2.24, 2.45) is 0 Å². The summed E-state index contributed by atoms with van der Waals surface area (Å²) >= 11 is 0. The Morgan fingerprint density at radius 2 is 1.73 bits per heavy atom. The van der Waals surface area contributed by atoms with Crippen molar-refractivity contribution < 1.29 is 18.4 Å². The lowest BCUT2D eigenvalue weighted by atomic mass is 10.1. The number of rotatable bonds is 6. The van der Waals surface area contributed by atoms with Crippen molar-refractivity contribution in [3.63, 3.8) is 0 Å². The molecule has 2 aromatic rings. The van der Waals surface area contributed by atoms with Crippen LogP contribution in [0.3, 0.4) is 0 Å². The zero-order valence-electron chi connectivity index (χ0n) is 14.6. The van der Waals surface area contributed by atoms with Crippen molar-refractivity contribution in [1.29, 1.82) is 0 Å². The van der Waals surface area contributed by atoms with Gasteiger partial charge in [-0.1, -0.05) is 35.9 Å². The molecule has 0 radical (unpaired) electrons. The molecular weight excluding hydrogens is 340 g/mol. The molecule has 0 fully saturated rings. The van der Waals surface area contributed by atoms with Gasteiger partial charge < -0.3 is 16.0 Å². The second kappa shape index (κ2) is 8.94. The van der Waals surface area contributed by atoms with Crippen molar-refractivity contribution in [2.45, 2.75) is 26.4 Å². The van der Waals surface area contributed by atoms with Crippen LogP contribution in [0.25, 0.3) is 0 Å². The minimum atomic E-state index is -0.735. The Labute approximate surface area is 150 Å². The lowest BCUT2D eigenvalue weighted by Crippen LogP contribution is -2.42. The molecule has 0 aromatic heterocycles. The quantitative estimate of drug-likeness (QED) is 0.740. The third kappa shape index (κ3) is 5.84. The van der Waals surface area contributed by atoms with E-state index in [1.165, 1.54) is 6.07 Å². The fourth-order valence-corrected chi connectivity index (χ4v) is 2.33. The van der Waals surface area contributed by atoms with Gasteiger partial charge in [0.15, 0.2) is 0 Å². The van der Waals surface area contributed by atoms with E-state index in [1.54, 1.807) is 6.92 Å². The van der Waals surface area contributed by atoms with Crippen LogP contribution in [0.5, 0.6) is 0 Å². The Hall–Kier alpha value is -2.96. The molecule has 0 bridgehead atoms. The zero-order chi connectivity index (χ0) is 19.1. The van der Waals surface area contributed by atoms with Gasteiger partial charge >= 0.3 is 6.03 Å². The van der Waals surface area contributed by atoms with Crippen molar-refractivity contribution in [2.75, 3.05) is 6.54 Å². The smallest absolute Gasteiger partial charge is 0.315 e. The maximum absolute atomic E-state index is 13.7. The second-order valence-electron chi connectivity index (χ2n) is 5.98. The van der Waals surface area contributed by atoms with E-state index in [4.69, 9.17) is 0 Å². The fraction of sp³-hybridized carbons (Fsp3) is 0.263. The first-order valence-corrected chi connectivity index (χ1v) is 8.16. The van der Waals surface area contributed by atoms with Gasteiger partial charge in [-0.2, -0.15) is 0 Å². The van der Waals surface area contributed by atoms with E-state index >= 15 is 0 Å². The molecule has 0 unspecified atom stereocenters. The number of aryl methyl sites for hydroxylation is 1. The van der Waals surface area contributed by atoms with Gasteiger partial charge in [0.2, 0.25) is 5.91 Å². The highest BCUT2D eigenvalue weighted by atomic mass is 19.1. The van der Waals surface area contributed by atoms with Gasteiger partial charge in [0.1, 0.15) is 11.6 Å². The molecule has 0 spiro atoms. The molecule has 0 aliphatic carbocycles. The van der Waals surface area contributed by atoms with Crippen molar-refractivity contribution in [3.8, 4) is 0 Å². The highest BCUT2D eigenvalue weighted by Gasteiger charge is 2.14. The zero-order valence-corrected chi connectivity index (χ0v) is 14.6. The lowest BCUT2D eigenvalue weighted by Gasteiger charge is -2.15. The van der Waals surface area contributed by atoms with Crippen LogP contribution in [-0.2, 0) is 11.3 Å². The summed E-state index contributed by atoms with van der Waals surface area (Å²) in [7, 11) is 0. The molecular formula is C19H21F2N3O2. The molecule has 5 nitrogen and oxygen atoms in total. The van der Waals surface area contributed by atoms with E-state index in [0.717, 1.165) is 23.3 Å². The lowest BCUT2D eigenvalue weighted by molar-refractivity contribution is -0.120. The van der Waals surface area contributed by atoms with Gasteiger partial charge in [-0.25, -0.2) is 13.6 Å². The van der Waals surface area contributed by atoms with Crippen LogP contribution in [-0.4, -0.2) is 18.5 Å². The minimum absolute atomic E-state index is 0.170. The van der Waals surface area contributed by atoms with Gasteiger partial charge in [-0.15, -0.1) is 0 Å². The number of hydrogen-bond donors (Lipinski definition) is 3. The largest absolute Gasteiger partial charge is 0.348 e. The Balaban J connectivity index is 1.75. The van der Waals surface area contributed by atoms with Crippen LogP contribution >= 0.6 is 0 Å². The van der Waals surface area contributed by atoms with Crippen LogP contribution in [0.4, 0.5) is 13.6 Å². The molecule has 7 heteroatoms. The maximum Gasteiger partial charge on any atom is 0.315 e. The van der Waals surface area contributed by atoms with Gasteiger partial charge in [-0.05, 0) is 25.5 Å². The third-order valence-corrected chi connectivity index (χ3v) is 3.79. The first-order chi connectivity index (χ1) is 12.3. The number of carbonyl (C=O) groups excluding carboxylic acids is 2. The van der Waals surface area contributed by atoms with Crippen LogP contribution in [0.1, 0.15) is 29.7 Å². The van der Waals surface area contributed by atoms with Crippen molar-refractivity contribution in [3.05, 3.63) is 70.8 Å². The summed E-state index contributed by atoms with van der Waals surface area (Å²) in [6.45, 7) is 3.63. The number of hydrogen-bond acceptors (Lipinski definition) is 2. The first-order valence-electron chi connectivity index (χ1n) is 8.16. The topological polar surface area (TPSA) is 70.2 Å². The Kier molecular flexibility index (Phi) is 6.66. The Morgan fingerprint density at radius 1 is 1.04 bits per heavy atom. The average Bonchev–Trinajstić information content (AvgIpc) is 2.59. The first kappa shape index (κ1) is 19.4. The highest BCUT2D eigenvalue weighted by molar-refractivity contribution is 5.84. The Morgan fingerprint density at radius 3 is 2.38 bits per heavy atom. The van der Waals surface area contributed by atoms with Gasteiger partial charge in [0.05, 0.1) is 12.6 Å². The standard InChI is InChI=1S/C19H21F2N3O2/c1-12-3-5-14(6-4-12)10-22-19(26)23-11-18(25)24-13(2)16-8-7-15(20)9-17(16)21/h3-9,13H,10-11H2,1-2H3,(H,24,25)(H2,22,23,26)/t13-/m1/s1. The summed E-state index contributed by atoms with van der Waals surface area (Å²) in [5, 5.41) is 7.62. The van der Waals surface area contributed by atoms with E-state index in [1.807, 2.05) is 31.2 Å². The normalized spacial score (nSPS) is 11.5. The third-order valence-electron chi connectivity index (χ3n) is 3.79. The molecule has 26 heavy (non-hydrogen) atoms. The molecule has 1 atom stereocenters. The van der Waals surface area contributed by atoms with E-state index in [2.05, 4.69) is 16.0 Å². The average molecular weight is 361 g/mol. The molecule has 3 amide bonds. The molecule has 0 aliphatic heterocycles. The molecule has 0 heterocycles. The van der Waals surface area contributed by atoms with E-state index in [9.17, 15) is 18.4 Å². The summed E-state index contributed by atoms with van der Waals surface area (Å²) < 4.78 is 26.6. The van der Waals surface area contributed by atoms with Crippen molar-refractivity contribution in [1.82, 2.24) is 16.0 Å². The molecule has 3 N–H and O–H groups in total. The Bertz CT molecular complexity index is 779. The SMILES string of the molecule is Cc1ccc(CNC(=O)NCC(=O)N[C@H](C)c2ccc(F)cc2F)cc1. The van der Waals surface area contributed by atoms with E-state index < -0.39 is 29.6 Å². The number of amides is 3. The summed E-state index contributed by atoms with van der Waals surface area (Å²) in [5.41, 5.74) is 2.24. The minimum Gasteiger partial charge on any atom is -0.348 e. The van der Waals surface area contributed by atoms with Gasteiger partial charge in [0, 0.05) is 18.2 Å². The number of urea groups is 1. The molecule has 2 rings (SSSR count). The van der Waals surface area contributed by atoms with E-state index in [0.29, 0.717) is 6.54 Å². The summed E-state index contributed by atoms with van der Waals surface area (Å²) in [4.78, 5) is 23.6. The van der Waals surface area contributed by atoms with Crippen molar-refractivity contribution >= 4 is 11.9 Å². The summed E-state index contributed by atoms with van der Waals surface area (Å²) in [6.07, 6.45) is 0. The number of nitrogens with one attached hydrogen (secondary N) is 3. The number of carbonyl (C=O) groups is 2. The molecule has 2 aromatic carbocycles. The van der Waals surface area contributed by atoms with Crippen LogP contribution in [0, 0.1) is 18.6 Å². The fourth-order valence-electron chi connectivity index (χ4n) is 2.33. The highest BCUT2D eigenvalue weighted by Crippen LogP contribution is 2.17. The summed E-state index contributed by atoms with van der Waals surface area (Å²) in [5.74, 6) is -1.90. The molecule has 0 saturated carbocycles. The number of benzene rings is 2. The molecule has 0 saturated heterocycles. The number of halogens is 2. The second-order valence-corrected chi connectivity index (χ2v) is 5.98. The van der Waals surface area contributed by atoms with Crippen LogP contribution in [0.15, 0.2) is 42.5 Å². The van der Waals surface area contributed by atoms with E-state index in [-0.39, 0.29) is 12.1 Å². The van der Waals surface area contributed by atoms with Crippen LogP contribution in [0.2, 0.25) is 0 Å². The van der Waals surface area contributed by atoms with Gasteiger partial charge in [0.25, 0.3) is 0 Å². The summed E-state index contributed by atoms with van der Waals surface area (Å²) in [6, 6.07) is 9.71. The van der Waals surface area contributed by atoms with Gasteiger partial charge in [-0.3, -0.25) is 4.79 Å².